The topological polar surface area (TPSA) is 17.8 Å². The van der Waals surface area contributed by atoms with Crippen LogP contribution in [-0.2, 0) is 12.8 Å². The lowest BCUT2D eigenvalue weighted by atomic mass is 9.99. The molecule has 0 saturated heterocycles. The fraction of sp³-hybridized carbons (Fsp3) is 0.308. The van der Waals surface area contributed by atoms with Crippen molar-refractivity contribution in [3.63, 3.8) is 0 Å². The van der Waals surface area contributed by atoms with Crippen LogP contribution in [0.1, 0.15) is 24.1 Å². The second-order valence-corrected chi connectivity index (χ2v) is 5.70. The van der Waals surface area contributed by atoms with E-state index in [-0.39, 0.29) is 5.82 Å². The molecule has 3 rings (SSSR count). The van der Waals surface area contributed by atoms with Crippen molar-refractivity contribution in [1.29, 1.82) is 0 Å². The molecule has 0 spiro atoms. The van der Waals surface area contributed by atoms with E-state index in [1.807, 2.05) is 0 Å². The van der Waals surface area contributed by atoms with Gasteiger partial charge in [0.25, 0.3) is 0 Å². The fourth-order valence-corrected chi connectivity index (χ4v) is 2.99. The molecular weight excluding hydrogens is 319 g/mol. The minimum Gasteiger partial charge on any atom is -0.219 e. The number of aromatic nitrogens is 2. The van der Waals surface area contributed by atoms with Gasteiger partial charge in [-0.05, 0) is 43.9 Å². The Kier molecular flexibility index (Phi) is 3.16. The van der Waals surface area contributed by atoms with Crippen LogP contribution in [0, 0.1) is 5.82 Å². The first-order valence-corrected chi connectivity index (χ1v) is 7.05. The monoisotopic (exact) mass is 328 g/mol. The molecule has 0 saturated carbocycles. The molecule has 0 aliphatic heterocycles. The number of nitrogens with zero attached hydrogens (tertiary/aromatic N) is 2. The smallest absolute Gasteiger partial charge is 0.150 e. The van der Waals surface area contributed by atoms with Crippen molar-refractivity contribution in [2.24, 2.45) is 0 Å². The number of aryl methyl sites for hydroxylation is 1. The van der Waals surface area contributed by atoms with Crippen LogP contribution in [0.15, 0.2) is 22.7 Å². The lowest BCUT2D eigenvalue weighted by Crippen LogP contribution is -2.01. The maximum atomic E-state index is 13.9. The van der Waals surface area contributed by atoms with E-state index in [0.717, 1.165) is 36.9 Å². The van der Waals surface area contributed by atoms with Crippen LogP contribution >= 0.6 is 27.5 Å². The molecule has 0 unspecified atom stereocenters. The predicted molar refractivity (Wildman–Crippen MR) is 72.9 cm³/mol. The summed E-state index contributed by atoms with van der Waals surface area (Å²) in [6.07, 6.45) is 4.12. The minimum absolute atomic E-state index is 0.328. The van der Waals surface area contributed by atoms with E-state index in [9.17, 15) is 4.39 Å². The Hall–Kier alpha value is -0.870. The number of rotatable bonds is 1. The highest BCUT2D eigenvalue weighted by Gasteiger charge is 2.21. The highest BCUT2D eigenvalue weighted by Crippen LogP contribution is 2.30. The molecule has 1 aromatic carbocycles. The third-order valence-corrected chi connectivity index (χ3v) is 4.11. The van der Waals surface area contributed by atoms with Crippen LogP contribution in [0.5, 0.6) is 0 Å². The van der Waals surface area contributed by atoms with Crippen LogP contribution in [0.4, 0.5) is 4.39 Å². The van der Waals surface area contributed by atoms with Crippen molar-refractivity contribution in [3.8, 4) is 5.69 Å². The van der Waals surface area contributed by atoms with Gasteiger partial charge in [0.05, 0.1) is 5.69 Å². The molecule has 0 bridgehead atoms. The number of benzene rings is 1. The summed E-state index contributed by atoms with van der Waals surface area (Å²) in [5, 5.41) is 4.99. The molecule has 1 aliphatic rings. The van der Waals surface area contributed by atoms with Crippen molar-refractivity contribution < 1.29 is 4.39 Å². The molecule has 2 nitrogen and oxygen atoms in total. The molecular formula is C13H11BrClFN2. The zero-order valence-corrected chi connectivity index (χ0v) is 11.9. The summed E-state index contributed by atoms with van der Waals surface area (Å²) in [6, 6.07) is 4.89. The van der Waals surface area contributed by atoms with Crippen molar-refractivity contribution in [2.45, 2.75) is 25.7 Å². The van der Waals surface area contributed by atoms with E-state index >= 15 is 0 Å². The van der Waals surface area contributed by atoms with Gasteiger partial charge < -0.3 is 0 Å². The highest BCUT2D eigenvalue weighted by atomic mass is 79.9. The third kappa shape index (κ3) is 1.97. The average Bonchev–Trinajstić information content (AvgIpc) is 2.68. The lowest BCUT2D eigenvalue weighted by Gasteiger charge is -2.08. The summed E-state index contributed by atoms with van der Waals surface area (Å²) >= 11 is 9.55. The lowest BCUT2D eigenvalue weighted by molar-refractivity contribution is 0.608. The molecule has 0 atom stereocenters. The van der Waals surface area contributed by atoms with Gasteiger partial charge in [-0.1, -0.05) is 27.5 Å². The average molecular weight is 330 g/mol. The largest absolute Gasteiger partial charge is 0.219 e. The van der Waals surface area contributed by atoms with Crippen LogP contribution < -0.4 is 0 Å². The second-order valence-electron chi connectivity index (χ2n) is 4.43. The van der Waals surface area contributed by atoms with E-state index < -0.39 is 0 Å². The van der Waals surface area contributed by atoms with Gasteiger partial charge in [-0.3, -0.25) is 0 Å². The summed E-state index contributed by atoms with van der Waals surface area (Å²) in [4.78, 5) is 0. The number of halogens is 3. The van der Waals surface area contributed by atoms with Gasteiger partial charge in [-0.2, -0.15) is 5.10 Å². The van der Waals surface area contributed by atoms with Crippen LogP contribution in [-0.4, -0.2) is 9.78 Å². The van der Waals surface area contributed by atoms with Gasteiger partial charge in [-0.25, -0.2) is 9.07 Å². The Bertz CT molecular complexity index is 609. The minimum atomic E-state index is -0.328. The fourth-order valence-electron chi connectivity index (χ4n) is 2.33. The molecule has 1 aromatic heterocycles. The van der Waals surface area contributed by atoms with Gasteiger partial charge in [0.2, 0.25) is 0 Å². The molecule has 0 radical (unpaired) electrons. The van der Waals surface area contributed by atoms with Gasteiger partial charge in [0.15, 0.2) is 0 Å². The maximum Gasteiger partial charge on any atom is 0.150 e. The highest BCUT2D eigenvalue weighted by molar-refractivity contribution is 9.10. The zero-order valence-electron chi connectivity index (χ0n) is 9.59. The Morgan fingerprint density at radius 3 is 2.78 bits per heavy atom. The van der Waals surface area contributed by atoms with Gasteiger partial charge in [0, 0.05) is 10.0 Å². The second kappa shape index (κ2) is 4.67. The molecule has 18 heavy (non-hydrogen) atoms. The first-order valence-electron chi connectivity index (χ1n) is 5.88. The Morgan fingerprint density at radius 2 is 2.06 bits per heavy atom. The Balaban J connectivity index is 2.14. The maximum absolute atomic E-state index is 13.9. The van der Waals surface area contributed by atoms with Crippen LogP contribution in [0.2, 0.25) is 5.15 Å². The van der Waals surface area contributed by atoms with Gasteiger partial charge >= 0.3 is 0 Å². The Morgan fingerprint density at radius 1 is 1.28 bits per heavy atom. The number of hydrogen-bond acceptors (Lipinski definition) is 1. The van der Waals surface area contributed by atoms with Crippen molar-refractivity contribution in [1.82, 2.24) is 9.78 Å². The van der Waals surface area contributed by atoms with E-state index in [2.05, 4.69) is 21.0 Å². The molecule has 5 heteroatoms. The van der Waals surface area contributed by atoms with Crippen LogP contribution in [0.3, 0.4) is 0 Å². The van der Waals surface area contributed by atoms with E-state index in [0.29, 0.717) is 15.3 Å². The predicted octanol–water partition coefficient (Wildman–Crippen LogP) is 4.31. The van der Waals surface area contributed by atoms with E-state index in [1.54, 1.807) is 12.1 Å². The Labute approximate surface area is 118 Å². The normalized spacial score (nSPS) is 14.6. The molecule has 1 heterocycles. The van der Waals surface area contributed by atoms with Crippen molar-refractivity contribution >= 4 is 27.5 Å². The standard InChI is InChI=1S/C13H11BrClFN2/c14-8-5-6-12(10(16)7-8)18-13(15)9-3-1-2-4-11(9)17-18/h5-7H,1-4H2. The molecule has 1 aliphatic carbocycles. The number of hydrogen-bond donors (Lipinski definition) is 0. The van der Waals surface area contributed by atoms with Crippen molar-refractivity contribution in [2.75, 3.05) is 0 Å². The summed E-state index contributed by atoms with van der Waals surface area (Å²) < 4.78 is 16.1. The summed E-state index contributed by atoms with van der Waals surface area (Å²) in [5.41, 5.74) is 2.48. The molecule has 0 amide bonds. The van der Waals surface area contributed by atoms with Crippen molar-refractivity contribution in [3.05, 3.63) is 44.9 Å². The number of fused-ring (bicyclic) bond motifs is 1. The summed E-state index contributed by atoms with van der Waals surface area (Å²) in [7, 11) is 0. The van der Waals surface area contributed by atoms with Crippen LogP contribution in [0.25, 0.3) is 5.69 Å². The van der Waals surface area contributed by atoms with Gasteiger partial charge in [-0.15, -0.1) is 0 Å². The first kappa shape index (κ1) is 12.2. The molecule has 0 N–H and O–H groups in total. The summed E-state index contributed by atoms with van der Waals surface area (Å²) in [5.74, 6) is -0.328. The zero-order chi connectivity index (χ0) is 12.7. The quantitative estimate of drug-likeness (QED) is 0.762. The van der Waals surface area contributed by atoms with E-state index in [4.69, 9.17) is 11.6 Å². The summed E-state index contributed by atoms with van der Waals surface area (Å²) in [6.45, 7) is 0. The third-order valence-electron chi connectivity index (χ3n) is 3.23. The first-order chi connectivity index (χ1) is 8.66. The molecule has 94 valence electrons. The van der Waals surface area contributed by atoms with Gasteiger partial charge in [0.1, 0.15) is 16.7 Å². The molecule has 2 aromatic rings. The SMILES string of the molecule is Fc1cc(Br)ccc1-n1nc2c(c1Cl)CCCC2. The van der Waals surface area contributed by atoms with E-state index in [1.165, 1.54) is 10.7 Å². The molecule has 0 fully saturated rings.